The molecule has 4 rings (SSSR count). The molecule has 4 aromatic carbocycles. The second-order valence-corrected chi connectivity index (χ2v) is 17.2. The third-order valence-corrected chi connectivity index (χ3v) is 9.74. The summed E-state index contributed by atoms with van der Waals surface area (Å²) in [5.41, 5.74) is 3.49. The standard InChI is InChI=1S/C55H60N4O16/c1-34(2)47(60)68-30-26-56-51(64)72-41-18-10-37(11-19-41)45(38-12-20-42(21-13-38)73-52(65)57-27-31-69-48(61)35(3)4)46(39-14-22-43(23-15-39)74-53(66)58-28-32-70-49(62)36(5)6)40-16-24-44(25-17-40)75-54(67)59-29-33-71-50(63)55(7,8)9/h10-25H,1,3,5,26-33H2,2,4,6-9H3,(H,56,64)(H,57,65)(H,58,66)(H,59,67). The first-order valence-electron chi connectivity index (χ1n) is 23.2. The Balaban J connectivity index is 1.72. The largest absolute Gasteiger partial charge is 0.463 e. The molecule has 0 fully saturated rings. The predicted molar refractivity (Wildman–Crippen MR) is 275 cm³/mol. The fourth-order valence-corrected chi connectivity index (χ4v) is 6.02. The number of hydrogen-bond donors (Lipinski definition) is 4. The molecule has 0 radical (unpaired) electrons. The van der Waals surface area contributed by atoms with Crippen LogP contribution in [0.5, 0.6) is 23.0 Å². The molecule has 0 aromatic heterocycles. The molecule has 0 aliphatic heterocycles. The second kappa shape index (κ2) is 28.7. The molecule has 0 saturated heterocycles. The molecule has 20 nitrogen and oxygen atoms in total. The number of ether oxygens (including phenoxy) is 8. The van der Waals surface area contributed by atoms with E-state index < -0.39 is 53.7 Å². The van der Waals surface area contributed by atoms with Crippen molar-refractivity contribution in [2.45, 2.75) is 41.5 Å². The van der Waals surface area contributed by atoms with E-state index >= 15 is 0 Å². The van der Waals surface area contributed by atoms with Crippen LogP contribution in [0.4, 0.5) is 19.2 Å². The smallest absolute Gasteiger partial charge is 0.412 e. The van der Waals surface area contributed by atoms with Gasteiger partial charge in [0.1, 0.15) is 49.4 Å². The molecule has 0 saturated carbocycles. The van der Waals surface area contributed by atoms with Gasteiger partial charge in [-0.3, -0.25) is 4.79 Å². The Bertz CT molecular complexity index is 2670. The number of amides is 4. The topological polar surface area (TPSA) is 259 Å². The van der Waals surface area contributed by atoms with Crippen LogP contribution in [0.1, 0.15) is 63.8 Å². The number of carbonyl (C=O) groups is 8. The highest BCUT2D eigenvalue weighted by atomic mass is 16.6. The third-order valence-electron chi connectivity index (χ3n) is 9.74. The first-order chi connectivity index (χ1) is 35.6. The highest BCUT2D eigenvalue weighted by Gasteiger charge is 2.23. The van der Waals surface area contributed by atoms with Crippen molar-refractivity contribution in [1.29, 1.82) is 0 Å². The molecule has 396 valence electrons. The maximum absolute atomic E-state index is 12.8. The summed E-state index contributed by atoms with van der Waals surface area (Å²) in [6, 6.07) is 26.2. The molecule has 0 spiro atoms. The SMILES string of the molecule is C=C(C)C(=O)OCCNC(=O)Oc1ccc(C(=C(c2ccc(OC(=O)NCCOC(=O)C(=C)C)cc2)c2ccc(OC(=O)NCCOC(=O)C(C)(C)C)cc2)c2ccc(OC(=O)NCCOC(=O)C(=C)C)cc2)cc1. The van der Waals surface area contributed by atoms with E-state index in [9.17, 15) is 38.4 Å². The van der Waals surface area contributed by atoms with Gasteiger partial charge in [-0.25, -0.2) is 33.6 Å². The first kappa shape index (κ1) is 58.4. The van der Waals surface area contributed by atoms with E-state index in [0.717, 1.165) is 0 Å². The summed E-state index contributed by atoms with van der Waals surface area (Å²) < 4.78 is 42.3. The maximum atomic E-state index is 12.8. The normalized spacial score (nSPS) is 10.5. The second-order valence-electron chi connectivity index (χ2n) is 17.2. The quantitative estimate of drug-likeness (QED) is 0.0180. The first-order valence-corrected chi connectivity index (χ1v) is 23.2. The van der Waals surface area contributed by atoms with Gasteiger partial charge >= 0.3 is 48.3 Å². The van der Waals surface area contributed by atoms with Gasteiger partial charge in [0.2, 0.25) is 0 Å². The molecule has 0 aliphatic rings. The lowest BCUT2D eigenvalue weighted by Gasteiger charge is -2.19. The van der Waals surface area contributed by atoms with E-state index in [4.69, 9.17) is 37.9 Å². The molecule has 0 bridgehead atoms. The predicted octanol–water partition coefficient (Wildman–Crippen LogP) is 7.99. The van der Waals surface area contributed by atoms with Gasteiger partial charge in [0, 0.05) is 16.7 Å². The number of esters is 4. The zero-order valence-electron chi connectivity index (χ0n) is 42.5. The molecule has 4 N–H and O–H groups in total. The molecular formula is C55H60N4O16. The van der Waals surface area contributed by atoms with Crippen LogP contribution in [0.3, 0.4) is 0 Å². The fourth-order valence-electron chi connectivity index (χ4n) is 6.02. The van der Waals surface area contributed by atoms with Crippen molar-refractivity contribution >= 4 is 59.4 Å². The van der Waals surface area contributed by atoms with Crippen molar-refractivity contribution in [1.82, 2.24) is 21.3 Å². The minimum absolute atomic E-state index is 0.00413. The van der Waals surface area contributed by atoms with Crippen LogP contribution in [0.2, 0.25) is 0 Å². The zero-order valence-corrected chi connectivity index (χ0v) is 42.5. The average molecular weight is 1030 g/mol. The number of benzene rings is 4. The summed E-state index contributed by atoms with van der Waals surface area (Å²) in [5.74, 6) is -1.54. The van der Waals surface area contributed by atoms with Crippen LogP contribution in [-0.2, 0) is 38.1 Å². The molecule has 75 heavy (non-hydrogen) atoms. The van der Waals surface area contributed by atoms with Gasteiger partial charge in [0.25, 0.3) is 0 Å². The van der Waals surface area contributed by atoms with Crippen LogP contribution < -0.4 is 40.2 Å². The van der Waals surface area contributed by atoms with Gasteiger partial charge in [0.15, 0.2) is 0 Å². The van der Waals surface area contributed by atoms with Crippen molar-refractivity contribution in [3.63, 3.8) is 0 Å². The van der Waals surface area contributed by atoms with Crippen molar-refractivity contribution in [3.8, 4) is 23.0 Å². The lowest BCUT2D eigenvalue weighted by molar-refractivity contribution is -0.152. The van der Waals surface area contributed by atoms with Gasteiger partial charge in [-0.1, -0.05) is 68.3 Å². The summed E-state index contributed by atoms with van der Waals surface area (Å²) >= 11 is 0. The van der Waals surface area contributed by atoms with Crippen molar-refractivity contribution in [3.05, 3.63) is 156 Å². The van der Waals surface area contributed by atoms with Crippen molar-refractivity contribution in [2.75, 3.05) is 52.6 Å². The minimum atomic E-state index is -0.805. The Kier molecular flexibility index (Phi) is 22.4. The van der Waals surface area contributed by atoms with Crippen LogP contribution in [0.15, 0.2) is 134 Å². The summed E-state index contributed by atoms with van der Waals surface area (Å²) in [6.07, 6.45) is -3.20. The summed E-state index contributed by atoms with van der Waals surface area (Å²) in [5, 5.41) is 10.1. The average Bonchev–Trinajstić information content (AvgIpc) is 3.36. The van der Waals surface area contributed by atoms with E-state index in [2.05, 4.69) is 41.0 Å². The van der Waals surface area contributed by atoms with Gasteiger partial charge in [-0.2, -0.15) is 0 Å². The molecule has 20 heteroatoms. The summed E-state index contributed by atoms with van der Waals surface area (Å²) in [6.45, 7) is 19.8. The number of rotatable bonds is 23. The maximum Gasteiger partial charge on any atom is 0.412 e. The third kappa shape index (κ3) is 20.1. The van der Waals surface area contributed by atoms with Crippen LogP contribution in [-0.4, -0.2) is 101 Å². The van der Waals surface area contributed by atoms with E-state index in [0.29, 0.717) is 33.4 Å². The Labute approximate surface area is 434 Å². The van der Waals surface area contributed by atoms with E-state index in [-0.39, 0.29) is 92.3 Å². The monoisotopic (exact) mass is 1030 g/mol. The van der Waals surface area contributed by atoms with Gasteiger partial charge in [0.05, 0.1) is 31.6 Å². The van der Waals surface area contributed by atoms with Crippen LogP contribution in [0, 0.1) is 5.41 Å². The Morgan fingerprint density at radius 3 is 0.787 bits per heavy atom. The summed E-state index contributed by atoms with van der Waals surface area (Å²) in [7, 11) is 0. The lowest BCUT2D eigenvalue weighted by atomic mass is 9.85. The van der Waals surface area contributed by atoms with Gasteiger partial charge in [-0.05, 0) is 123 Å². The summed E-state index contributed by atoms with van der Waals surface area (Å²) in [4.78, 5) is 98.1. The Morgan fingerprint density at radius 2 is 0.587 bits per heavy atom. The number of hydrogen-bond acceptors (Lipinski definition) is 16. The van der Waals surface area contributed by atoms with E-state index in [1.54, 1.807) is 118 Å². The number of carbonyl (C=O) groups excluding carboxylic acids is 8. The molecule has 0 atom stereocenters. The van der Waals surface area contributed by atoms with Crippen molar-refractivity contribution in [2.24, 2.45) is 5.41 Å². The van der Waals surface area contributed by atoms with Crippen LogP contribution >= 0.6 is 0 Å². The highest BCUT2D eigenvalue weighted by Crippen LogP contribution is 2.39. The van der Waals surface area contributed by atoms with Crippen molar-refractivity contribution < 1.29 is 76.3 Å². The highest BCUT2D eigenvalue weighted by molar-refractivity contribution is 6.05. The fraction of sp³-hybridized carbons (Fsp3) is 0.273. The Morgan fingerprint density at radius 1 is 0.373 bits per heavy atom. The molecule has 4 amide bonds. The number of nitrogens with one attached hydrogen (secondary N) is 4. The molecule has 4 aromatic rings. The lowest BCUT2D eigenvalue weighted by Crippen LogP contribution is -2.32. The molecule has 0 unspecified atom stereocenters. The molecule has 0 heterocycles. The van der Waals surface area contributed by atoms with E-state index in [1.807, 2.05) is 0 Å². The molecule has 0 aliphatic carbocycles. The van der Waals surface area contributed by atoms with Gasteiger partial charge < -0.3 is 59.2 Å². The van der Waals surface area contributed by atoms with E-state index in [1.165, 1.54) is 20.8 Å². The van der Waals surface area contributed by atoms with Gasteiger partial charge in [-0.15, -0.1) is 0 Å². The minimum Gasteiger partial charge on any atom is -0.463 e. The Hall–Kier alpha value is -9.20. The van der Waals surface area contributed by atoms with Crippen LogP contribution in [0.25, 0.3) is 11.1 Å². The zero-order chi connectivity index (χ0) is 55.1. The molecular weight excluding hydrogens is 973 g/mol.